The second-order valence-corrected chi connectivity index (χ2v) is 5.07. The van der Waals surface area contributed by atoms with Gasteiger partial charge in [0.2, 0.25) is 0 Å². The van der Waals surface area contributed by atoms with Crippen LogP contribution >= 0.6 is 0 Å². The van der Waals surface area contributed by atoms with Gasteiger partial charge in [0.1, 0.15) is 6.29 Å². The third kappa shape index (κ3) is 6.80. The fraction of sp³-hybridized carbons (Fsp3) is 0.917. The molecule has 1 nitrogen and oxygen atoms in total. The van der Waals surface area contributed by atoms with E-state index in [4.69, 9.17) is 0 Å². The quantitative estimate of drug-likeness (QED) is 0.453. The summed E-state index contributed by atoms with van der Waals surface area (Å²) in [4.78, 5) is 10.1. The topological polar surface area (TPSA) is 17.1 Å². The lowest BCUT2D eigenvalue weighted by atomic mass is 9.79. The number of carbonyl (C=O) groups excluding carboxylic acids is 1. The highest BCUT2D eigenvalue weighted by molar-refractivity contribution is 5.48. The number of carbonyl (C=O) groups is 1. The van der Waals surface area contributed by atoms with E-state index in [2.05, 4.69) is 27.7 Å². The summed E-state index contributed by atoms with van der Waals surface area (Å²) in [7, 11) is 0. The van der Waals surface area contributed by atoms with Crippen LogP contribution in [0.1, 0.15) is 59.8 Å². The molecule has 0 aromatic heterocycles. The van der Waals surface area contributed by atoms with Crippen molar-refractivity contribution in [2.24, 2.45) is 11.3 Å². The number of rotatable bonds is 6. The van der Waals surface area contributed by atoms with E-state index in [0.717, 1.165) is 25.0 Å². The molecule has 0 N–H and O–H groups in total. The van der Waals surface area contributed by atoms with Crippen LogP contribution < -0.4 is 0 Å². The van der Waals surface area contributed by atoms with Crippen molar-refractivity contribution in [3.05, 3.63) is 0 Å². The maximum Gasteiger partial charge on any atom is 0.119 e. The Hall–Kier alpha value is -0.330. The van der Waals surface area contributed by atoms with Crippen LogP contribution in [0.15, 0.2) is 0 Å². The largest absolute Gasteiger partial charge is 0.303 e. The van der Waals surface area contributed by atoms with E-state index in [-0.39, 0.29) is 0 Å². The Kier molecular flexibility index (Phi) is 6.02. The standard InChI is InChI=1S/C12H24O/c1-11(12(2,3)4)9-7-5-6-8-10-13/h10-11H,5-9H2,1-4H3. The number of hydrogen-bond donors (Lipinski definition) is 0. The summed E-state index contributed by atoms with van der Waals surface area (Å²) >= 11 is 0. The van der Waals surface area contributed by atoms with E-state index >= 15 is 0 Å². The number of aldehydes is 1. The second-order valence-electron chi connectivity index (χ2n) is 5.07. The van der Waals surface area contributed by atoms with Gasteiger partial charge in [-0.2, -0.15) is 0 Å². The lowest BCUT2D eigenvalue weighted by Gasteiger charge is -2.27. The molecule has 0 heterocycles. The first kappa shape index (κ1) is 12.7. The minimum absolute atomic E-state index is 0.435. The van der Waals surface area contributed by atoms with E-state index in [1.165, 1.54) is 19.3 Å². The molecule has 1 atom stereocenters. The van der Waals surface area contributed by atoms with Crippen molar-refractivity contribution in [3.63, 3.8) is 0 Å². The third-order valence-corrected chi connectivity index (χ3v) is 2.94. The van der Waals surface area contributed by atoms with Gasteiger partial charge in [0.15, 0.2) is 0 Å². The summed E-state index contributed by atoms with van der Waals surface area (Å²) in [6, 6.07) is 0. The predicted molar refractivity (Wildman–Crippen MR) is 57.8 cm³/mol. The Balaban J connectivity index is 3.37. The Morgan fingerprint density at radius 1 is 1.15 bits per heavy atom. The average molecular weight is 184 g/mol. The molecule has 0 saturated heterocycles. The van der Waals surface area contributed by atoms with Crippen molar-refractivity contribution in [1.82, 2.24) is 0 Å². The smallest absolute Gasteiger partial charge is 0.119 e. The van der Waals surface area contributed by atoms with Crippen molar-refractivity contribution in [2.75, 3.05) is 0 Å². The Morgan fingerprint density at radius 2 is 1.77 bits per heavy atom. The van der Waals surface area contributed by atoms with Crippen molar-refractivity contribution in [2.45, 2.75) is 59.8 Å². The molecule has 0 bridgehead atoms. The molecular weight excluding hydrogens is 160 g/mol. The van der Waals surface area contributed by atoms with Gasteiger partial charge in [-0.15, -0.1) is 0 Å². The maximum atomic E-state index is 10.1. The third-order valence-electron chi connectivity index (χ3n) is 2.94. The molecule has 0 amide bonds. The van der Waals surface area contributed by atoms with Crippen molar-refractivity contribution >= 4 is 6.29 Å². The lowest BCUT2D eigenvalue weighted by molar-refractivity contribution is -0.107. The summed E-state index contributed by atoms with van der Waals surface area (Å²) in [5, 5.41) is 0. The van der Waals surface area contributed by atoms with E-state index in [9.17, 15) is 4.79 Å². The van der Waals surface area contributed by atoms with E-state index in [1.54, 1.807) is 0 Å². The summed E-state index contributed by atoms with van der Waals surface area (Å²) in [5.74, 6) is 0.781. The Morgan fingerprint density at radius 3 is 2.23 bits per heavy atom. The lowest BCUT2D eigenvalue weighted by Crippen LogP contribution is -2.16. The fourth-order valence-corrected chi connectivity index (χ4v) is 1.29. The van der Waals surface area contributed by atoms with Crippen LogP contribution in [0.4, 0.5) is 0 Å². The van der Waals surface area contributed by atoms with Crippen LogP contribution in [0, 0.1) is 11.3 Å². The summed E-state index contributed by atoms with van der Waals surface area (Å²) in [5.41, 5.74) is 0.435. The first-order valence-electron chi connectivity index (χ1n) is 5.42. The molecule has 0 saturated carbocycles. The SMILES string of the molecule is CC(CCCCCC=O)C(C)(C)C. The molecule has 0 aliphatic rings. The second kappa shape index (κ2) is 6.17. The minimum atomic E-state index is 0.435. The Bertz CT molecular complexity index is 133. The monoisotopic (exact) mass is 184 g/mol. The molecular formula is C12H24O. The van der Waals surface area contributed by atoms with Crippen LogP contribution in [0.25, 0.3) is 0 Å². The zero-order valence-electron chi connectivity index (χ0n) is 9.60. The van der Waals surface area contributed by atoms with E-state index in [0.29, 0.717) is 5.41 Å². The van der Waals surface area contributed by atoms with Gasteiger partial charge in [-0.05, 0) is 17.8 Å². The highest BCUT2D eigenvalue weighted by Gasteiger charge is 2.18. The van der Waals surface area contributed by atoms with Gasteiger partial charge in [0.05, 0.1) is 0 Å². The van der Waals surface area contributed by atoms with Gasteiger partial charge in [0.25, 0.3) is 0 Å². The van der Waals surface area contributed by atoms with Crippen molar-refractivity contribution < 1.29 is 4.79 Å². The molecule has 0 aromatic rings. The van der Waals surface area contributed by atoms with E-state index in [1.807, 2.05) is 0 Å². The molecule has 1 unspecified atom stereocenters. The van der Waals surface area contributed by atoms with Crippen molar-refractivity contribution in [1.29, 1.82) is 0 Å². The first-order chi connectivity index (χ1) is 5.98. The normalized spacial score (nSPS) is 14.2. The summed E-state index contributed by atoms with van der Waals surface area (Å²) in [6.07, 6.45) is 6.60. The molecule has 0 aliphatic carbocycles. The Labute approximate surface area is 82.9 Å². The van der Waals surface area contributed by atoms with Crippen LogP contribution in [-0.4, -0.2) is 6.29 Å². The van der Waals surface area contributed by atoms with Crippen LogP contribution in [0.2, 0.25) is 0 Å². The van der Waals surface area contributed by atoms with Gasteiger partial charge >= 0.3 is 0 Å². The highest BCUT2D eigenvalue weighted by Crippen LogP contribution is 2.29. The summed E-state index contributed by atoms with van der Waals surface area (Å²) in [6.45, 7) is 9.20. The van der Waals surface area contributed by atoms with Gasteiger partial charge in [-0.1, -0.05) is 47.0 Å². The van der Waals surface area contributed by atoms with Gasteiger partial charge < -0.3 is 4.79 Å². The number of hydrogen-bond acceptors (Lipinski definition) is 1. The molecule has 78 valence electrons. The van der Waals surface area contributed by atoms with Crippen molar-refractivity contribution in [3.8, 4) is 0 Å². The maximum absolute atomic E-state index is 10.1. The van der Waals surface area contributed by atoms with Crippen LogP contribution in [0.5, 0.6) is 0 Å². The van der Waals surface area contributed by atoms with Crippen LogP contribution in [0.3, 0.4) is 0 Å². The molecule has 0 aromatic carbocycles. The zero-order valence-corrected chi connectivity index (χ0v) is 9.60. The average Bonchev–Trinajstić information content (AvgIpc) is 2.02. The predicted octanol–water partition coefficient (Wildman–Crippen LogP) is 3.82. The molecule has 0 fully saturated rings. The minimum Gasteiger partial charge on any atom is -0.303 e. The molecule has 0 aliphatic heterocycles. The summed E-state index contributed by atoms with van der Waals surface area (Å²) < 4.78 is 0. The number of unbranched alkanes of at least 4 members (excludes halogenated alkanes) is 3. The van der Waals surface area contributed by atoms with Gasteiger partial charge in [0, 0.05) is 6.42 Å². The molecule has 13 heavy (non-hydrogen) atoms. The molecule has 1 heteroatoms. The first-order valence-corrected chi connectivity index (χ1v) is 5.42. The van der Waals surface area contributed by atoms with E-state index < -0.39 is 0 Å². The molecule has 0 radical (unpaired) electrons. The fourth-order valence-electron chi connectivity index (χ4n) is 1.29. The molecule has 0 rings (SSSR count). The highest BCUT2D eigenvalue weighted by atomic mass is 16.1. The van der Waals surface area contributed by atoms with Gasteiger partial charge in [-0.3, -0.25) is 0 Å². The van der Waals surface area contributed by atoms with Crippen LogP contribution in [-0.2, 0) is 4.79 Å². The zero-order chi connectivity index (χ0) is 10.3. The van der Waals surface area contributed by atoms with Gasteiger partial charge in [-0.25, -0.2) is 0 Å². The molecule has 0 spiro atoms.